The standard InChI is InChI=1S/C13H14F2O/c14-11-7-6-10(8-12(11)15)13(16)9-4-2-1-3-5-9/h6-9H,1-5H2. The van der Waals surface area contributed by atoms with Crippen LogP contribution in [-0.2, 0) is 0 Å². The number of halogens is 2. The summed E-state index contributed by atoms with van der Waals surface area (Å²) in [6.07, 6.45) is 5.03. The van der Waals surface area contributed by atoms with Gasteiger partial charge in [-0.05, 0) is 31.0 Å². The lowest BCUT2D eigenvalue weighted by Gasteiger charge is -2.20. The second kappa shape index (κ2) is 4.73. The topological polar surface area (TPSA) is 17.1 Å². The fraction of sp³-hybridized carbons (Fsp3) is 0.462. The molecule has 0 radical (unpaired) electrons. The number of hydrogen-bond donors (Lipinski definition) is 0. The molecule has 1 aromatic rings. The molecule has 1 nitrogen and oxygen atoms in total. The van der Waals surface area contributed by atoms with Gasteiger partial charge in [-0.1, -0.05) is 19.3 Å². The van der Waals surface area contributed by atoms with Gasteiger partial charge in [-0.15, -0.1) is 0 Å². The van der Waals surface area contributed by atoms with E-state index in [9.17, 15) is 13.6 Å². The minimum Gasteiger partial charge on any atom is -0.294 e. The van der Waals surface area contributed by atoms with E-state index in [1.165, 1.54) is 12.5 Å². The molecule has 0 unspecified atom stereocenters. The summed E-state index contributed by atoms with van der Waals surface area (Å²) in [7, 11) is 0. The van der Waals surface area contributed by atoms with Gasteiger partial charge in [0.05, 0.1) is 0 Å². The van der Waals surface area contributed by atoms with Crippen LogP contribution in [0.5, 0.6) is 0 Å². The summed E-state index contributed by atoms with van der Waals surface area (Å²) in [5.74, 6) is -1.89. The summed E-state index contributed by atoms with van der Waals surface area (Å²) in [6.45, 7) is 0. The quantitative estimate of drug-likeness (QED) is 0.699. The Morgan fingerprint density at radius 3 is 2.38 bits per heavy atom. The van der Waals surface area contributed by atoms with Gasteiger partial charge in [-0.3, -0.25) is 4.79 Å². The monoisotopic (exact) mass is 224 g/mol. The van der Waals surface area contributed by atoms with Crippen LogP contribution in [0.4, 0.5) is 8.78 Å². The third kappa shape index (κ3) is 2.29. The lowest BCUT2D eigenvalue weighted by atomic mass is 9.84. The highest BCUT2D eigenvalue weighted by Crippen LogP contribution is 2.27. The van der Waals surface area contributed by atoms with E-state index in [4.69, 9.17) is 0 Å². The molecule has 0 aromatic heterocycles. The molecule has 1 aliphatic carbocycles. The number of hydrogen-bond acceptors (Lipinski definition) is 1. The first-order valence-electron chi connectivity index (χ1n) is 5.68. The van der Waals surface area contributed by atoms with Gasteiger partial charge in [0, 0.05) is 11.5 Å². The van der Waals surface area contributed by atoms with Gasteiger partial charge < -0.3 is 0 Å². The first-order valence-corrected chi connectivity index (χ1v) is 5.68. The van der Waals surface area contributed by atoms with Crippen molar-refractivity contribution >= 4 is 5.78 Å². The highest BCUT2D eigenvalue weighted by molar-refractivity contribution is 5.97. The largest absolute Gasteiger partial charge is 0.294 e. The molecule has 2 rings (SSSR count). The maximum Gasteiger partial charge on any atom is 0.166 e. The fourth-order valence-corrected chi connectivity index (χ4v) is 2.25. The predicted octanol–water partition coefficient (Wildman–Crippen LogP) is 3.73. The zero-order chi connectivity index (χ0) is 11.5. The van der Waals surface area contributed by atoms with Crippen LogP contribution in [0.1, 0.15) is 42.5 Å². The van der Waals surface area contributed by atoms with Crippen LogP contribution in [0.15, 0.2) is 18.2 Å². The van der Waals surface area contributed by atoms with Gasteiger partial charge in [0.1, 0.15) is 0 Å². The molecular formula is C13H14F2O. The number of rotatable bonds is 2. The summed E-state index contributed by atoms with van der Waals surface area (Å²) >= 11 is 0. The Kier molecular flexibility index (Phi) is 3.32. The van der Waals surface area contributed by atoms with Crippen LogP contribution in [-0.4, -0.2) is 5.78 Å². The molecule has 0 heterocycles. The molecule has 0 bridgehead atoms. The molecule has 1 aromatic carbocycles. The van der Waals surface area contributed by atoms with Gasteiger partial charge in [0.25, 0.3) is 0 Å². The van der Waals surface area contributed by atoms with Crippen molar-refractivity contribution in [2.45, 2.75) is 32.1 Å². The Morgan fingerprint density at radius 1 is 1.06 bits per heavy atom. The molecule has 0 spiro atoms. The van der Waals surface area contributed by atoms with E-state index in [0.717, 1.165) is 37.8 Å². The van der Waals surface area contributed by atoms with E-state index < -0.39 is 11.6 Å². The van der Waals surface area contributed by atoms with E-state index in [0.29, 0.717) is 5.56 Å². The minimum absolute atomic E-state index is 0.00129. The molecule has 1 fully saturated rings. The third-order valence-corrected chi connectivity index (χ3v) is 3.18. The van der Waals surface area contributed by atoms with Crippen molar-refractivity contribution in [2.75, 3.05) is 0 Å². The fourth-order valence-electron chi connectivity index (χ4n) is 2.25. The SMILES string of the molecule is O=C(c1ccc(F)c(F)c1)C1CCCCC1. The summed E-state index contributed by atoms with van der Waals surface area (Å²) < 4.78 is 25.7. The molecule has 0 saturated heterocycles. The van der Waals surface area contributed by atoms with Crippen molar-refractivity contribution in [3.05, 3.63) is 35.4 Å². The van der Waals surface area contributed by atoms with Crippen LogP contribution >= 0.6 is 0 Å². The summed E-state index contributed by atoms with van der Waals surface area (Å²) in [4.78, 5) is 12.0. The van der Waals surface area contributed by atoms with E-state index in [2.05, 4.69) is 0 Å². The summed E-state index contributed by atoms with van der Waals surface area (Å²) in [6, 6.07) is 3.40. The van der Waals surface area contributed by atoms with Gasteiger partial charge in [0.2, 0.25) is 0 Å². The minimum atomic E-state index is -0.943. The maximum absolute atomic E-state index is 13.0. The van der Waals surface area contributed by atoms with Crippen LogP contribution in [0.25, 0.3) is 0 Å². The zero-order valence-electron chi connectivity index (χ0n) is 9.01. The molecule has 0 amide bonds. The molecule has 0 aliphatic heterocycles. The highest BCUT2D eigenvalue weighted by Gasteiger charge is 2.22. The normalized spacial score (nSPS) is 17.4. The second-order valence-electron chi connectivity index (χ2n) is 4.33. The van der Waals surface area contributed by atoms with Gasteiger partial charge in [-0.25, -0.2) is 8.78 Å². The summed E-state index contributed by atoms with van der Waals surface area (Å²) in [5.41, 5.74) is 0.297. The number of ketones is 1. The first-order chi connectivity index (χ1) is 7.68. The van der Waals surface area contributed by atoms with Crippen molar-refractivity contribution in [1.82, 2.24) is 0 Å². The van der Waals surface area contributed by atoms with Crippen LogP contribution < -0.4 is 0 Å². The van der Waals surface area contributed by atoms with Crippen molar-refractivity contribution in [3.8, 4) is 0 Å². The smallest absolute Gasteiger partial charge is 0.166 e. The lowest BCUT2D eigenvalue weighted by Crippen LogP contribution is -2.18. The maximum atomic E-state index is 13.0. The van der Waals surface area contributed by atoms with Gasteiger partial charge >= 0.3 is 0 Å². The molecule has 0 N–H and O–H groups in total. The molecule has 1 aliphatic rings. The Balaban J connectivity index is 2.16. The molecule has 0 atom stereocenters. The predicted molar refractivity (Wildman–Crippen MR) is 57.3 cm³/mol. The average molecular weight is 224 g/mol. The van der Waals surface area contributed by atoms with Crippen molar-refractivity contribution in [2.24, 2.45) is 5.92 Å². The third-order valence-electron chi connectivity index (χ3n) is 3.18. The van der Waals surface area contributed by atoms with E-state index >= 15 is 0 Å². The number of carbonyl (C=O) groups is 1. The van der Waals surface area contributed by atoms with Gasteiger partial charge in [-0.2, -0.15) is 0 Å². The molecule has 16 heavy (non-hydrogen) atoms. The van der Waals surface area contributed by atoms with Gasteiger partial charge in [0.15, 0.2) is 17.4 Å². The number of carbonyl (C=O) groups excluding carboxylic acids is 1. The summed E-state index contributed by atoms with van der Waals surface area (Å²) in [5, 5.41) is 0. The Morgan fingerprint density at radius 2 is 1.75 bits per heavy atom. The second-order valence-corrected chi connectivity index (χ2v) is 4.33. The molecule has 1 saturated carbocycles. The van der Waals surface area contributed by atoms with Crippen molar-refractivity contribution < 1.29 is 13.6 Å². The lowest BCUT2D eigenvalue weighted by molar-refractivity contribution is 0.0889. The highest BCUT2D eigenvalue weighted by atomic mass is 19.2. The van der Waals surface area contributed by atoms with Crippen LogP contribution in [0, 0.1) is 17.6 Å². The number of Topliss-reactive ketones (excluding diaryl/α,β-unsaturated/α-hetero) is 1. The van der Waals surface area contributed by atoms with Crippen LogP contribution in [0.2, 0.25) is 0 Å². The Bertz CT molecular complexity index is 395. The van der Waals surface area contributed by atoms with Crippen LogP contribution in [0.3, 0.4) is 0 Å². The van der Waals surface area contributed by atoms with E-state index in [-0.39, 0.29) is 11.7 Å². The van der Waals surface area contributed by atoms with Crippen molar-refractivity contribution in [3.63, 3.8) is 0 Å². The first kappa shape index (κ1) is 11.2. The average Bonchev–Trinajstić information content (AvgIpc) is 2.33. The Labute approximate surface area is 93.5 Å². The van der Waals surface area contributed by atoms with E-state index in [1.807, 2.05) is 0 Å². The van der Waals surface area contributed by atoms with Crippen molar-refractivity contribution in [1.29, 1.82) is 0 Å². The molecule has 86 valence electrons. The van der Waals surface area contributed by atoms with E-state index in [1.54, 1.807) is 0 Å². The Hall–Kier alpha value is -1.25. The zero-order valence-corrected chi connectivity index (χ0v) is 9.01. The molecule has 3 heteroatoms. The number of benzene rings is 1. The molecular weight excluding hydrogens is 210 g/mol.